The predicted octanol–water partition coefficient (Wildman–Crippen LogP) is 4.41. The van der Waals surface area contributed by atoms with Gasteiger partial charge in [0, 0.05) is 13.1 Å². The average molecular weight is 405 g/mol. The molecule has 0 aromatic heterocycles. The zero-order valence-electron chi connectivity index (χ0n) is 17.9. The molecule has 4 rings (SSSR count). The van der Waals surface area contributed by atoms with E-state index in [1.54, 1.807) is 0 Å². The van der Waals surface area contributed by atoms with Crippen LogP contribution < -0.4 is 9.64 Å². The first kappa shape index (κ1) is 20.2. The largest absolute Gasteiger partial charge is 0.494 e. The van der Waals surface area contributed by atoms with Crippen molar-refractivity contribution in [2.24, 2.45) is 5.92 Å². The molecule has 5 nitrogen and oxygen atoms in total. The van der Waals surface area contributed by atoms with Crippen LogP contribution in [0.25, 0.3) is 5.57 Å². The summed E-state index contributed by atoms with van der Waals surface area (Å²) in [6.45, 7) is 8.22. The van der Waals surface area contributed by atoms with Gasteiger partial charge in [-0.1, -0.05) is 37.3 Å². The Kier molecular flexibility index (Phi) is 5.62. The summed E-state index contributed by atoms with van der Waals surface area (Å²) in [6.07, 6.45) is 2.17. The standard InChI is InChI=1S/C25H28N2O3/c1-4-30-20-13-11-19(12-14-20)22-23(26-15-7-8-17(2)16-26)25(29)27(24(22)28)21-10-6-5-9-18(21)3/h5-6,9-14,17H,4,7-8,15-16H2,1-3H3. The summed E-state index contributed by atoms with van der Waals surface area (Å²) < 4.78 is 5.55. The van der Waals surface area contributed by atoms with Crippen LogP contribution >= 0.6 is 0 Å². The number of piperidine rings is 1. The zero-order chi connectivity index (χ0) is 21.3. The molecule has 1 unspecified atom stereocenters. The van der Waals surface area contributed by atoms with Crippen LogP contribution in [-0.2, 0) is 9.59 Å². The van der Waals surface area contributed by atoms with Crippen LogP contribution in [0.3, 0.4) is 0 Å². The van der Waals surface area contributed by atoms with Crippen LogP contribution in [0.5, 0.6) is 5.75 Å². The Bertz CT molecular complexity index is 994. The number of ether oxygens (including phenoxy) is 1. The van der Waals surface area contributed by atoms with Crippen molar-refractivity contribution in [2.45, 2.75) is 33.6 Å². The molecular formula is C25H28N2O3. The van der Waals surface area contributed by atoms with Crippen molar-refractivity contribution in [1.29, 1.82) is 0 Å². The van der Waals surface area contributed by atoms with Crippen molar-refractivity contribution >= 4 is 23.1 Å². The Morgan fingerprint density at radius 3 is 2.43 bits per heavy atom. The molecule has 0 saturated carbocycles. The van der Waals surface area contributed by atoms with Gasteiger partial charge < -0.3 is 9.64 Å². The fourth-order valence-corrected chi connectivity index (χ4v) is 4.38. The number of hydrogen-bond acceptors (Lipinski definition) is 4. The second-order valence-corrected chi connectivity index (χ2v) is 8.11. The number of amides is 2. The Hall–Kier alpha value is -3.08. The molecule has 2 aliphatic heterocycles. The summed E-state index contributed by atoms with van der Waals surface area (Å²) in [5, 5.41) is 0. The number of imide groups is 1. The number of benzene rings is 2. The number of carbonyl (C=O) groups is 2. The van der Waals surface area contributed by atoms with Gasteiger partial charge in [-0.05, 0) is 61.9 Å². The number of likely N-dealkylation sites (tertiary alicyclic amines) is 1. The molecule has 0 spiro atoms. The van der Waals surface area contributed by atoms with Crippen molar-refractivity contribution in [3.63, 3.8) is 0 Å². The van der Waals surface area contributed by atoms with Crippen molar-refractivity contribution in [3.8, 4) is 5.75 Å². The van der Waals surface area contributed by atoms with E-state index >= 15 is 0 Å². The second kappa shape index (κ2) is 8.34. The van der Waals surface area contributed by atoms with Crippen LogP contribution in [0.4, 0.5) is 5.69 Å². The monoisotopic (exact) mass is 404 g/mol. The van der Waals surface area contributed by atoms with Gasteiger partial charge in [-0.2, -0.15) is 0 Å². The molecule has 156 valence electrons. The summed E-state index contributed by atoms with van der Waals surface area (Å²) >= 11 is 0. The highest BCUT2D eigenvalue weighted by atomic mass is 16.5. The van der Waals surface area contributed by atoms with E-state index in [-0.39, 0.29) is 11.8 Å². The third-order valence-corrected chi connectivity index (χ3v) is 5.84. The molecule has 1 atom stereocenters. The fourth-order valence-electron chi connectivity index (χ4n) is 4.38. The number of anilines is 1. The summed E-state index contributed by atoms with van der Waals surface area (Å²) in [6, 6.07) is 15.0. The van der Waals surface area contributed by atoms with E-state index < -0.39 is 0 Å². The van der Waals surface area contributed by atoms with E-state index in [9.17, 15) is 9.59 Å². The number of para-hydroxylation sites is 1. The highest BCUT2D eigenvalue weighted by molar-refractivity contribution is 6.45. The van der Waals surface area contributed by atoms with Gasteiger partial charge in [0.05, 0.1) is 17.9 Å². The molecule has 2 aromatic rings. The number of nitrogens with zero attached hydrogens (tertiary/aromatic N) is 2. The number of carbonyl (C=O) groups excluding carboxylic acids is 2. The van der Waals surface area contributed by atoms with Gasteiger partial charge >= 0.3 is 0 Å². The van der Waals surface area contributed by atoms with E-state index in [1.165, 1.54) is 4.90 Å². The van der Waals surface area contributed by atoms with Gasteiger partial charge in [0.25, 0.3) is 11.8 Å². The van der Waals surface area contributed by atoms with Gasteiger partial charge in [0.15, 0.2) is 0 Å². The predicted molar refractivity (Wildman–Crippen MR) is 118 cm³/mol. The molecule has 0 bridgehead atoms. The quantitative estimate of drug-likeness (QED) is 0.693. The van der Waals surface area contributed by atoms with Crippen molar-refractivity contribution < 1.29 is 14.3 Å². The molecule has 2 aliphatic rings. The molecule has 30 heavy (non-hydrogen) atoms. The van der Waals surface area contributed by atoms with Crippen LogP contribution in [0.2, 0.25) is 0 Å². The van der Waals surface area contributed by atoms with Gasteiger partial charge in [-0.3, -0.25) is 9.59 Å². The third-order valence-electron chi connectivity index (χ3n) is 5.84. The van der Waals surface area contributed by atoms with E-state index in [2.05, 4.69) is 11.8 Å². The lowest BCUT2D eigenvalue weighted by Gasteiger charge is -2.33. The second-order valence-electron chi connectivity index (χ2n) is 8.11. The first-order chi connectivity index (χ1) is 14.5. The van der Waals surface area contributed by atoms with E-state index in [1.807, 2.05) is 62.4 Å². The SMILES string of the molecule is CCOc1ccc(C2=C(N3CCCC(C)C3)C(=O)N(c3ccccc3C)C2=O)cc1. The fraction of sp³-hybridized carbons (Fsp3) is 0.360. The third kappa shape index (κ3) is 3.60. The molecule has 1 saturated heterocycles. The lowest BCUT2D eigenvalue weighted by atomic mass is 9.97. The minimum atomic E-state index is -0.258. The zero-order valence-corrected chi connectivity index (χ0v) is 17.9. The van der Waals surface area contributed by atoms with Gasteiger partial charge in [0.2, 0.25) is 0 Å². The first-order valence-corrected chi connectivity index (χ1v) is 10.7. The topological polar surface area (TPSA) is 49.9 Å². The molecule has 1 fully saturated rings. The Morgan fingerprint density at radius 2 is 1.77 bits per heavy atom. The molecule has 0 aliphatic carbocycles. The Labute approximate surface area is 177 Å². The molecule has 2 aromatic carbocycles. The minimum absolute atomic E-state index is 0.229. The maximum atomic E-state index is 13.6. The number of rotatable bonds is 5. The maximum Gasteiger partial charge on any atom is 0.282 e. The first-order valence-electron chi connectivity index (χ1n) is 10.7. The van der Waals surface area contributed by atoms with E-state index in [0.717, 1.165) is 42.8 Å². The van der Waals surface area contributed by atoms with E-state index in [4.69, 9.17) is 4.74 Å². The molecule has 2 heterocycles. The van der Waals surface area contributed by atoms with Gasteiger partial charge in [-0.25, -0.2) is 4.90 Å². The van der Waals surface area contributed by atoms with Crippen molar-refractivity contribution in [2.75, 3.05) is 24.6 Å². The number of hydrogen-bond donors (Lipinski definition) is 0. The average Bonchev–Trinajstić information content (AvgIpc) is 2.99. The van der Waals surface area contributed by atoms with Crippen molar-refractivity contribution in [1.82, 2.24) is 4.90 Å². The highest BCUT2D eigenvalue weighted by Gasteiger charge is 2.43. The van der Waals surface area contributed by atoms with Gasteiger partial charge in [0.1, 0.15) is 11.4 Å². The Balaban J connectivity index is 1.81. The summed E-state index contributed by atoms with van der Waals surface area (Å²) in [5.41, 5.74) is 3.31. The van der Waals surface area contributed by atoms with Crippen molar-refractivity contribution in [3.05, 3.63) is 65.4 Å². The summed E-state index contributed by atoms with van der Waals surface area (Å²) in [4.78, 5) is 30.7. The van der Waals surface area contributed by atoms with Crippen LogP contribution in [-0.4, -0.2) is 36.4 Å². The Morgan fingerprint density at radius 1 is 1.03 bits per heavy atom. The molecule has 5 heteroatoms. The molecule has 2 amide bonds. The molecule has 0 N–H and O–H groups in total. The van der Waals surface area contributed by atoms with Gasteiger partial charge in [-0.15, -0.1) is 0 Å². The van der Waals surface area contributed by atoms with Crippen LogP contribution in [0, 0.1) is 12.8 Å². The lowest BCUT2D eigenvalue weighted by Crippen LogP contribution is -2.39. The molecule has 0 radical (unpaired) electrons. The highest BCUT2D eigenvalue weighted by Crippen LogP contribution is 2.37. The maximum absolute atomic E-state index is 13.6. The number of aryl methyl sites for hydroxylation is 1. The summed E-state index contributed by atoms with van der Waals surface area (Å²) in [5.74, 6) is 0.754. The van der Waals surface area contributed by atoms with E-state index in [0.29, 0.717) is 29.5 Å². The smallest absolute Gasteiger partial charge is 0.282 e. The summed E-state index contributed by atoms with van der Waals surface area (Å²) in [7, 11) is 0. The lowest BCUT2D eigenvalue weighted by molar-refractivity contribution is -0.120. The normalized spacial score (nSPS) is 19.6. The van der Waals surface area contributed by atoms with Crippen LogP contribution in [0.1, 0.15) is 37.8 Å². The minimum Gasteiger partial charge on any atom is -0.494 e. The van der Waals surface area contributed by atoms with Crippen LogP contribution in [0.15, 0.2) is 54.2 Å². The molecular weight excluding hydrogens is 376 g/mol.